The predicted octanol–water partition coefficient (Wildman–Crippen LogP) is 2.13. The van der Waals surface area contributed by atoms with Crippen LogP contribution in [0.1, 0.15) is 65.2 Å². The minimum absolute atomic E-state index is 0.0594. The van der Waals surface area contributed by atoms with E-state index in [0.29, 0.717) is 24.7 Å². The maximum atomic E-state index is 13.1. The molecule has 0 radical (unpaired) electrons. The van der Waals surface area contributed by atoms with Crippen LogP contribution < -0.4 is 11.5 Å². The molecule has 6 heteroatoms. The fraction of sp³-hybridized carbons (Fsp3) is 0.818. The molecular weight excluding hydrogens is 354 g/mol. The highest BCUT2D eigenvalue weighted by Crippen LogP contribution is 2.74. The smallest absolute Gasteiger partial charge is 0.185 e. The number of aliphatic hydroxyl groups is 2. The fourth-order valence-corrected chi connectivity index (χ4v) is 6.74. The number of aliphatic hydroxyl groups excluding tert-OH is 2. The van der Waals surface area contributed by atoms with Crippen LogP contribution in [0.3, 0.4) is 0 Å². The summed E-state index contributed by atoms with van der Waals surface area (Å²) in [6.07, 6.45) is 6.80. The monoisotopic (exact) mass is 391 g/mol. The van der Waals surface area contributed by atoms with E-state index in [1.807, 2.05) is 0 Å². The molecule has 0 aromatic rings. The van der Waals surface area contributed by atoms with Gasteiger partial charge in [0.2, 0.25) is 0 Å². The summed E-state index contributed by atoms with van der Waals surface area (Å²) in [5.74, 6) is 1.45. The van der Waals surface area contributed by atoms with Gasteiger partial charge in [0.25, 0.3) is 0 Å². The van der Waals surface area contributed by atoms with E-state index in [-0.39, 0.29) is 41.8 Å². The molecular formula is C22H37N3O3. The lowest BCUT2D eigenvalue weighted by Crippen LogP contribution is -2.51. The number of ketones is 1. The maximum absolute atomic E-state index is 13.1. The number of allylic oxidation sites excluding steroid dienone is 2. The Labute approximate surface area is 168 Å². The Morgan fingerprint density at radius 3 is 2.61 bits per heavy atom. The zero-order chi connectivity index (χ0) is 20.5. The van der Waals surface area contributed by atoms with Crippen LogP contribution in [-0.4, -0.2) is 41.7 Å². The van der Waals surface area contributed by atoms with Crippen LogP contribution in [0.5, 0.6) is 0 Å². The van der Waals surface area contributed by atoms with Crippen molar-refractivity contribution < 1.29 is 15.0 Å². The van der Waals surface area contributed by atoms with Crippen molar-refractivity contribution in [3.05, 3.63) is 11.1 Å². The van der Waals surface area contributed by atoms with E-state index in [4.69, 9.17) is 11.5 Å². The standard InChI is InChI=1S/C22H37N3O3/c1-21(2)15-10-14(13-27)17(7-5-9-26)22(21)12-19(28)16(18(22)11-15)6-3-4-8-25-20(23)24/h14-15,17,26-27H,3-13H2,1-2H3,(H4,23,24,25)/t14-,15-,17-,22+/m1/s1. The molecule has 28 heavy (non-hydrogen) atoms. The topological polar surface area (TPSA) is 122 Å². The molecule has 2 saturated carbocycles. The molecule has 1 spiro atoms. The molecule has 3 rings (SSSR count). The number of Topliss-reactive ketones (excluding diaryl/α,β-unsaturated/α-hetero) is 1. The van der Waals surface area contributed by atoms with Gasteiger partial charge in [-0.15, -0.1) is 0 Å². The van der Waals surface area contributed by atoms with Gasteiger partial charge < -0.3 is 21.7 Å². The molecule has 3 aliphatic rings. The van der Waals surface area contributed by atoms with Gasteiger partial charge in [-0.3, -0.25) is 9.79 Å². The van der Waals surface area contributed by atoms with Crippen LogP contribution in [0, 0.1) is 28.6 Å². The normalized spacial score (nSPS) is 33.3. The van der Waals surface area contributed by atoms with Crippen LogP contribution in [0.2, 0.25) is 0 Å². The molecule has 0 heterocycles. The number of fused-ring (bicyclic) bond motifs is 1. The van der Waals surface area contributed by atoms with Crippen LogP contribution >= 0.6 is 0 Å². The van der Waals surface area contributed by atoms with Crippen molar-refractivity contribution in [2.45, 2.75) is 65.2 Å². The minimum atomic E-state index is -0.134. The van der Waals surface area contributed by atoms with E-state index in [1.54, 1.807) is 0 Å². The molecule has 0 unspecified atom stereocenters. The van der Waals surface area contributed by atoms with Crippen molar-refractivity contribution in [1.82, 2.24) is 0 Å². The Balaban J connectivity index is 1.89. The first kappa shape index (κ1) is 21.3. The summed E-state index contributed by atoms with van der Waals surface area (Å²) < 4.78 is 0. The number of carbonyl (C=O) groups excluding carboxylic acids is 1. The molecule has 0 saturated heterocycles. The maximum Gasteiger partial charge on any atom is 0.185 e. The van der Waals surface area contributed by atoms with Gasteiger partial charge in [-0.05, 0) is 73.7 Å². The molecule has 4 atom stereocenters. The molecule has 2 fully saturated rings. The van der Waals surface area contributed by atoms with Gasteiger partial charge >= 0.3 is 0 Å². The predicted molar refractivity (Wildman–Crippen MR) is 111 cm³/mol. The van der Waals surface area contributed by atoms with Crippen molar-refractivity contribution in [2.24, 2.45) is 45.0 Å². The third-order valence-corrected chi connectivity index (χ3v) is 8.13. The molecule has 3 aliphatic carbocycles. The van der Waals surface area contributed by atoms with Crippen molar-refractivity contribution in [1.29, 1.82) is 0 Å². The Morgan fingerprint density at radius 2 is 1.96 bits per heavy atom. The van der Waals surface area contributed by atoms with Crippen molar-refractivity contribution in [2.75, 3.05) is 19.8 Å². The highest BCUT2D eigenvalue weighted by Gasteiger charge is 2.68. The van der Waals surface area contributed by atoms with Gasteiger partial charge in [-0.2, -0.15) is 0 Å². The lowest BCUT2D eigenvalue weighted by Gasteiger charge is -2.55. The first-order valence-electron chi connectivity index (χ1n) is 10.8. The molecule has 0 aromatic heterocycles. The minimum Gasteiger partial charge on any atom is -0.396 e. The van der Waals surface area contributed by atoms with Crippen LogP contribution in [0.25, 0.3) is 0 Å². The summed E-state index contributed by atoms with van der Waals surface area (Å²) in [7, 11) is 0. The second kappa shape index (κ2) is 8.15. The van der Waals surface area contributed by atoms with Crippen LogP contribution in [-0.2, 0) is 4.79 Å². The number of unbranched alkanes of at least 4 members (excludes halogenated alkanes) is 1. The SMILES string of the molecule is CC1(C)[C@H]2CC3=C(CCCCN=C(N)N)C(=O)C[C@]31[C@H](CCCO)[C@@H](CO)C2. The zero-order valence-electron chi connectivity index (χ0n) is 17.4. The summed E-state index contributed by atoms with van der Waals surface area (Å²) in [5, 5.41) is 19.5. The number of guanidine groups is 1. The first-order chi connectivity index (χ1) is 13.3. The van der Waals surface area contributed by atoms with Gasteiger partial charge in [0.05, 0.1) is 0 Å². The van der Waals surface area contributed by atoms with E-state index < -0.39 is 0 Å². The Hall–Kier alpha value is -1.40. The molecule has 6 N–H and O–H groups in total. The number of hydrogen-bond acceptors (Lipinski definition) is 4. The number of carbonyl (C=O) groups is 1. The van der Waals surface area contributed by atoms with Crippen LogP contribution in [0.4, 0.5) is 0 Å². The zero-order valence-corrected chi connectivity index (χ0v) is 17.4. The summed E-state index contributed by atoms with van der Waals surface area (Å²) in [6.45, 7) is 5.61. The molecule has 0 amide bonds. The van der Waals surface area contributed by atoms with Gasteiger partial charge in [0.15, 0.2) is 11.7 Å². The summed E-state index contributed by atoms with van der Waals surface area (Å²) in [4.78, 5) is 17.2. The Kier molecular flexibility index (Phi) is 6.20. The number of aliphatic imine (C=N–C) groups is 1. The van der Waals surface area contributed by atoms with Gasteiger partial charge in [0.1, 0.15) is 0 Å². The van der Waals surface area contributed by atoms with Gasteiger partial charge in [0, 0.05) is 31.6 Å². The first-order valence-corrected chi connectivity index (χ1v) is 10.8. The van der Waals surface area contributed by atoms with Crippen LogP contribution in [0.15, 0.2) is 16.1 Å². The van der Waals surface area contributed by atoms with E-state index in [0.717, 1.165) is 50.5 Å². The second-order valence-electron chi connectivity index (χ2n) is 9.57. The average Bonchev–Trinajstić information content (AvgIpc) is 2.95. The largest absolute Gasteiger partial charge is 0.396 e. The van der Waals surface area contributed by atoms with E-state index in [2.05, 4.69) is 18.8 Å². The van der Waals surface area contributed by atoms with E-state index >= 15 is 0 Å². The number of nitrogens with zero attached hydrogens (tertiary/aromatic N) is 1. The molecule has 158 valence electrons. The number of hydrogen-bond donors (Lipinski definition) is 4. The van der Waals surface area contributed by atoms with Crippen molar-refractivity contribution >= 4 is 11.7 Å². The second-order valence-corrected chi connectivity index (χ2v) is 9.57. The third-order valence-electron chi connectivity index (χ3n) is 8.13. The van der Waals surface area contributed by atoms with E-state index in [1.165, 1.54) is 5.57 Å². The summed E-state index contributed by atoms with van der Waals surface area (Å²) >= 11 is 0. The van der Waals surface area contributed by atoms with Gasteiger partial charge in [-0.25, -0.2) is 0 Å². The number of rotatable bonds is 9. The van der Waals surface area contributed by atoms with Crippen molar-refractivity contribution in [3.8, 4) is 0 Å². The highest BCUT2D eigenvalue weighted by atomic mass is 16.3. The summed E-state index contributed by atoms with van der Waals surface area (Å²) in [5.41, 5.74) is 13.1. The van der Waals surface area contributed by atoms with Gasteiger partial charge in [-0.1, -0.05) is 19.4 Å². The highest BCUT2D eigenvalue weighted by molar-refractivity contribution is 6.00. The van der Waals surface area contributed by atoms with E-state index in [9.17, 15) is 15.0 Å². The lowest BCUT2D eigenvalue weighted by atomic mass is 9.49. The average molecular weight is 392 g/mol. The lowest BCUT2D eigenvalue weighted by molar-refractivity contribution is -0.123. The molecule has 6 nitrogen and oxygen atoms in total. The number of nitrogens with two attached hydrogens (primary N) is 2. The third kappa shape index (κ3) is 3.28. The molecule has 0 aliphatic heterocycles. The molecule has 2 bridgehead atoms. The Bertz CT molecular complexity index is 666. The Morgan fingerprint density at radius 1 is 1.21 bits per heavy atom. The quantitative estimate of drug-likeness (QED) is 0.272. The summed E-state index contributed by atoms with van der Waals surface area (Å²) in [6, 6.07) is 0. The van der Waals surface area contributed by atoms with Crippen molar-refractivity contribution in [3.63, 3.8) is 0 Å². The fourth-order valence-electron chi connectivity index (χ4n) is 6.74. The molecule has 0 aromatic carbocycles.